The lowest BCUT2D eigenvalue weighted by Gasteiger charge is -2.06. The average molecular weight is 413 g/mol. The van der Waals surface area contributed by atoms with Gasteiger partial charge in [-0.15, -0.1) is 0 Å². The highest BCUT2D eigenvalue weighted by molar-refractivity contribution is 5.76. The van der Waals surface area contributed by atoms with E-state index in [0.29, 0.717) is 32.4 Å². The number of carboxylic acids is 1. The van der Waals surface area contributed by atoms with E-state index in [1.165, 1.54) is 70.6 Å². The molecule has 0 radical (unpaired) electrons. The van der Waals surface area contributed by atoms with Crippen molar-refractivity contribution in [1.29, 1.82) is 0 Å². The van der Waals surface area contributed by atoms with Gasteiger partial charge in [0.05, 0.1) is 0 Å². The molecule has 0 bridgehead atoms. The number of aliphatic carboxylic acids is 1. The predicted molar refractivity (Wildman–Crippen MR) is 118 cm³/mol. The second kappa shape index (κ2) is 22.9. The van der Waals surface area contributed by atoms with Gasteiger partial charge in [0.25, 0.3) is 0 Å². The summed E-state index contributed by atoms with van der Waals surface area (Å²) in [6.07, 6.45) is 19.1. The summed E-state index contributed by atoms with van der Waals surface area (Å²) < 4.78 is 0. The standard InChI is InChI=1S/C23H44N2O4/c26-21-15-18-24-20-17-22(27)25-19-14-12-10-8-6-4-2-1-3-5-7-9-11-13-16-23(28)29/h21,24H,1-20H2,(H,25,27)(H,28,29). The van der Waals surface area contributed by atoms with Gasteiger partial charge >= 0.3 is 5.97 Å². The largest absolute Gasteiger partial charge is 0.481 e. The van der Waals surface area contributed by atoms with Crippen LogP contribution in [0.15, 0.2) is 0 Å². The number of carbonyl (C=O) groups excluding carboxylic acids is 2. The van der Waals surface area contributed by atoms with E-state index >= 15 is 0 Å². The molecular weight excluding hydrogens is 368 g/mol. The molecule has 170 valence electrons. The summed E-state index contributed by atoms with van der Waals surface area (Å²) in [4.78, 5) is 32.2. The van der Waals surface area contributed by atoms with Crippen molar-refractivity contribution < 1.29 is 19.5 Å². The zero-order chi connectivity index (χ0) is 21.4. The van der Waals surface area contributed by atoms with Gasteiger partial charge in [-0.2, -0.15) is 0 Å². The van der Waals surface area contributed by atoms with Crippen LogP contribution < -0.4 is 10.6 Å². The molecule has 0 aromatic heterocycles. The van der Waals surface area contributed by atoms with Crippen LogP contribution in [0.2, 0.25) is 0 Å². The first-order chi connectivity index (χ1) is 14.2. The highest BCUT2D eigenvalue weighted by Crippen LogP contribution is 2.13. The van der Waals surface area contributed by atoms with E-state index in [0.717, 1.165) is 32.1 Å². The van der Waals surface area contributed by atoms with Crippen molar-refractivity contribution in [3.63, 3.8) is 0 Å². The molecule has 0 unspecified atom stereocenters. The molecule has 0 saturated carbocycles. The third kappa shape index (κ3) is 24.5. The molecule has 0 atom stereocenters. The maximum absolute atomic E-state index is 11.6. The number of rotatable bonds is 23. The van der Waals surface area contributed by atoms with Crippen molar-refractivity contribution in [1.82, 2.24) is 10.6 Å². The molecule has 0 spiro atoms. The molecule has 3 N–H and O–H groups in total. The van der Waals surface area contributed by atoms with Crippen LogP contribution in [-0.2, 0) is 14.4 Å². The van der Waals surface area contributed by atoms with Crippen molar-refractivity contribution in [3.8, 4) is 0 Å². The molecule has 1 amide bonds. The van der Waals surface area contributed by atoms with Gasteiger partial charge in [-0.05, 0) is 12.8 Å². The minimum atomic E-state index is -0.677. The van der Waals surface area contributed by atoms with Crippen LogP contribution in [0.4, 0.5) is 0 Å². The highest BCUT2D eigenvalue weighted by atomic mass is 16.4. The van der Waals surface area contributed by atoms with Gasteiger partial charge < -0.3 is 20.5 Å². The lowest BCUT2D eigenvalue weighted by Crippen LogP contribution is -2.28. The zero-order valence-electron chi connectivity index (χ0n) is 18.4. The molecule has 0 heterocycles. The Bertz CT molecular complexity index is 402. The minimum Gasteiger partial charge on any atom is -0.481 e. The van der Waals surface area contributed by atoms with Crippen molar-refractivity contribution >= 4 is 18.2 Å². The number of hydrogen-bond donors (Lipinski definition) is 3. The lowest BCUT2D eigenvalue weighted by atomic mass is 10.0. The Labute approximate surface area is 177 Å². The fourth-order valence-electron chi connectivity index (χ4n) is 3.33. The molecule has 29 heavy (non-hydrogen) atoms. The molecule has 0 aromatic carbocycles. The van der Waals surface area contributed by atoms with E-state index in [2.05, 4.69) is 10.6 Å². The summed E-state index contributed by atoms with van der Waals surface area (Å²) in [7, 11) is 0. The summed E-state index contributed by atoms with van der Waals surface area (Å²) in [5, 5.41) is 14.6. The number of carboxylic acid groups (broad SMARTS) is 1. The van der Waals surface area contributed by atoms with Crippen LogP contribution in [0, 0.1) is 0 Å². The van der Waals surface area contributed by atoms with Crippen LogP contribution >= 0.6 is 0 Å². The van der Waals surface area contributed by atoms with E-state index in [-0.39, 0.29) is 5.91 Å². The Morgan fingerprint density at radius 3 is 1.59 bits per heavy atom. The summed E-state index contributed by atoms with van der Waals surface area (Å²) in [6, 6.07) is 0. The molecular formula is C23H44N2O4. The molecule has 0 aliphatic heterocycles. The Morgan fingerprint density at radius 2 is 1.10 bits per heavy atom. The molecule has 0 fully saturated rings. The van der Waals surface area contributed by atoms with E-state index in [1.807, 2.05) is 0 Å². The smallest absolute Gasteiger partial charge is 0.303 e. The summed E-state index contributed by atoms with van der Waals surface area (Å²) in [6.45, 7) is 2.04. The molecule has 0 saturated heterocycles. The Balaban J connectivity index is 3.12. The molecule has 6 heteroatoms. The molecule has 0 aromatic rings. The topological polar surface area (TPSA) is 95.5 Å². The van der Waals surface area contributed by atoms with Crippen molar-refractivity contribution in [3.05, 3.63) is 0 Å². The second-order valence-corrected chi connectivity index (χ2v) is 7.90. The Hall–Kier alpha value is -1.43. The Morgan fingerprint density at radius 1 is 0.621 bits per heavy atom. The van der Waals surface area contributed by atoms with Crippen LogP contribution in [0.3, 0.4) is 0 Å². The van der Waals surface area contributed by atoms with Crippen LogP contribution in [0.25, 0.3) is 0 Å². The van der Waals surface area contributed by atoms with Gasteiger partial charge in [0.15, 0.2) is 0 Å². The molecule has 0 rings (SSSR count). The fourth-order valence-corrected chi connectivity index (χ4v) is 3.33. The van der Waals surface area contributed by atoms with Crippen molar-refractivity contribution in [2.75, 3.05) is 19.6 Å². The quantitative estimate of drug-likeness (QED) is 0.168. The zero-order valence-corrected chi connectivity index (χ0v) is 18.4. The van der Waals surface area contributed by atoms with E-state index < -0.39 is 5.97 Å². The number of nitrogens with one attached hydrogen (secondary N) is 2. The summed E-state index contributed by atoms with van der Waals surface area (Å²) in [5.41, 5.74) is 0. The first kappa shape index (κ1) is 27.6. The second-order valence-electron chi connectivity index (χ2n) is 7.90. The van der Waals surface area contributed by atoms with E-state index in [1.54, 1.807) is 0 Å². The van der Waals surface area contributed by atoms with Gasteiger partial charge in [-0.25, -0.2) is 0 Å². The number of carbonyl (C=O) groups is 3. The SMILES string of the molecule is O=CCCNCCC(=O)NCCCCCCCCCCCCCCCCC(=O)O. The number of amides is 1. The number of aldehydes is 1. The number of hydrogen-bond acceptors (Lipinski definition) is 4. The van der Waals surface area contributed by atoms with Crippen molar-refractivity contribution in [2.45, 2.75) is 109 Å². The maximum atomic E-state index is 11.6. The van der Waals surface area contributed by atoms with Crippen LogP contribution in [-0.4, -0.2) is 42.9 Å². The summed E-state index contributed by atoms with van der Waals surface area (Å²) >= 11 is 0. The number of unbranched alkanes of at least 4 members (excludes halogenated alkanes) is 13. The summed E-state index contributed by atoms with van der Waals surface area (Å²) in [5.74, 6) is -0.590. The maximum Gasteiger partial charge on any atom is 0.303 e. The highest BCUT2D eigenvalue weighted by Gasteiger charge is 2.00. The monoisotopic (exact) mass is 412 g/mol. The minimum absolute atomic E-state index is 0.0869. The van der Waals surface area contributed by atoms with Gasteiger partial charge in [-0.3, -0.25) is 9.59 Å². The van der Waals surface area contributed by atoms with E-state index in [9.17, 15) is 14.4 Å². The average Bonchev–Trinajstić information content (AvgIpc) is 2.70. The fraction of sp³-hybridized carbons (Fsp3) is 0.870. The first-order valence-electron chi connectivity index (χ1n) is 11.8. The van der Waals surface area contributed by atoms with Crippen LogP contribution in [0.1, 0.15) is 109 Å². The van der Waals surface area contributed by atoms with Gasteiger partial charge in [0.1, 0.15) is 6.29 Å². The van der Waals surface area contributed by atoms with Gasteiger partial charge in [0.2, 0.25) is 5.91 Å². The molecule has 6 nitrogen and oxygen atoms in total. The van der Waals surface area contributed by atoms with Gasteiger partial charge in [0, 0.05) is 38.9 Å². The first-order valence-corrected chi connectivity index (χ1v) is 11.8. The lowest BCUT2D eigenvalue weighted by molar-refractivity contribution is -0.137. The third-order valence-electron chi connectivity index (χ3n) is 5.11. The Kier molecular flexibility index (Phi) is 21.7. The normalized spacial score (nSPS) is 10.8. The van der Waals surface area contributed by atoms with Crippen LogP contribution in [0.5, 0.6) is 0 Å². The van der Waals surface area contributed by atoms with Gasteiger partial charge in [-0.1, -0.05) is 77.0 Å². The van der Waals surface area contributed by atoms with Crippen molar-refractivity contribution in [2.24, 2.45) is 0 Å². The molecule has 0 aliphatic rings. The third-order valence-corrected chi connectivity index (χ3v) is 5.11. The van der Waals surface area contributed by atoms with E-state index in [4.69, 9.17) is 5.11 Å². The molecule has 0 aliphatic carbocycles. The predicted octanol–water partition coefficient (Wildman–Crippen LogP) is 4.61.